The van der Waals surface area contributed by atoms with Gasteiger partial charge in [0.15, 0.2) is 0 Å². The fourth-order valence-corrected chi connectivity index (χ4v) is 2.37. The van der Waals surface area contributed by atoms with Gasteiger partial charge in [0.1, 0.15) is 0 Å². The Balaban J connectivity index is 1.95. The third-order valence-corrected chi connectivity index (χ3v) is 3.53. The summed E-state index contributed by atoms with van der Waals surface area (Å²) in [5.74, 6) is 0. The van der Waals surface area contributed by atoms with Crippen molar-refractivity contribution in [2.45, 2.75) is 6.54 Å². The van der Waals surface area contributed by atoms with Gasteiger partial charge in [0.2, 0.25) is 10.0 Å². The van der Waals surface area contributed by atoms with Crippen LogP contribution in [0.1, 0.15) is 5.69 Å². The molecule has 2 N–H and O–H groups in total. The maximum Gasteiger partial charge on any atom is 0.229 e. The lowest BCUT2D eigenvalue weighted by Gasteiger charge is -2.08. The lowest BCUT2D eigenvalue weighted by Crippen LogP contribution is -2.09. The van der Waals surface area contributed by atoms with E-state index < -0.39 is 10.0 Å². The molecule has 1 aromatic carbocycles. The van der Waals surface area contributed by atoms with E-state index in [2.05, 4.69) is 31.0 Å². The average molecular weight is 356 g/mol. The number of anilines is 2. The first-order valence-electron chi connectivity index (χ1n) is 5.84. The van der Waals surface area contributed by atoms with Gasteiger partial charge in [-0.25, -0.2) is 8.42 Å². The summed E-state index contributed by atoms with van der Waals surface area (Å²) in [5.41, 5.74) is 2.36. The van der Waals surface area contributed by atoms with Crippen molar-refractivity contribution in [1.29, 1.82) is 0 Å². The smallest absolute Gasteiger partial charge is 0.229 e. The zero-order chi connectivity index (χ0) is 14.6. The molecular weight excluding hydrogens is 342 g/mol. The van der Waals surface area contributed by atoms with Crippen LogP contribution in [0.25, 0.3) is 0 Å². The molecule has 7 heteroatoms. The third kappa shape index (κ3) is 4.82. The van der Waals surface area contributed by atoms with Gasteiger partial charge in [0.05, 0.1) is 18.5 Å². The van der Waals surface area contributed by atoms with E-state index in [-0.39, 0.29) is 0 Å². The van der Waals surface area contributed by atoms with Crippen LogP contribution in [0, 0.1) is 0 Å². The van der Waals surface area contributed by atoms with Crippen LogP contribution < -0.4 is 10.0 Å². The normalized spacial score (nSPS) is 11.1. The zero-order valence-electron chi connectivity index (χ0n) is 10.8. The van der Waals surface area contributed by atoms with Crippen LogP contribution in [0.15, 0.2) is 47.1 Å². The molecule has 0 aliphatic carbocycles. The molecule has 0 aliphatic rings. The molecule has 106 valence electrons. The first-order chi connectivity index (χ1) is 9.42. The number of hydrogen-bond acceptors (Lipinski definition) is 4. The highest BCUT2D eigenvalue weighted by atomic mass is 79.9. The average Bonchev–Trinajstić information content (AvgIpc) is 2.38. The number of halogens is 1. The molecule has 2 aromatic rings. The van der Waals surface area contributed by atoms with Crippen LogP contribution in [0.5, 0.6) is 0 Å². The maximum absolute atomic E-state index is 11.1. The molecule has 1 heterocycles. The molecule has 5 nitrogen and oxygen atoms in total. The van der Waals surface area contributed by atoms with Crippen molar-refractivity contribution in [2.75, 3.05) is 16.3 Å². The van der Waals surface area contributed by atoms with E-state index in [1.807, 2.05) is 24.3 Å². The van der Waals surface area contributed by atoms with Crippen LogP contribution in [-0.4, -0.2) is 19.7 Å². The molecule has 0 amide bonds. The van der Waals surface area contributed by atoms with Crippen LogP contribution in [0.2, 0.25) is 0 Å². The number of nitrogens with zero attached hydrogens (tertiary/aromatic N) is 1. The molecule has 0 unspecified atom stereocenters. The van der Waals surface area contributed by atoms with E-state index in [1.165, 1.54) is 0 Å². The van der Waals surface area contributed by atoms with Crippen molar-refractivity contribution in [1.82, 2.24) is 4.98 Å². The minimum Gasteiger partial charge on any atom is -0.379 e. The Hall–Kier alpha value is -1.60. The van der Waals surface area contributed by atoms with Gasteiger partial charge < -0.3 is 5.32 Å². The number of pyridine rings is 1. The second kappa shape index (κ2) is 6.23. The molecule has 0 fully saturated rings. The SMILES string of the molecule is CS(=O)(=O)Nc1ccc(NCc2ccc(Br)cn2)cc1. The fourth-order valence-electron chi connectivity index (χ4n) is 1.57. The molecule has 0 spiro atoms. The van der Waals surface area contributed by atoms with Gasteiger partial charge in [0.25, 0.3) is 0 Å². The van der Waals surface area contributed by atoms with Gasteiger partial charge in [0, 0.05) is 22.0 Å². The van der Waals surface area contributed by atoms with Gasteiger partial charge in [-0.15, -0.1) is 0 Å². The Labute approximate surface area is 126 Å². The van der Waals surface area contributed by atoms with Crippen LogP contribution in [0.3, 0.4) is 0 Å². The minimum absolute atomic E-state index is 0.541. The summed E-state index contributed by atoms with van der Waals surface area (Å²) < 4.78 is 25.5. The number of sulfonamides is 1. The van der Waals surface area contributed by atoms with Gasteiger partial charge in [-0.05, 0) is 52.3 Å². The molecule has 2 rings (SSSR count). The summed E-state index contributed by atoms with van der Waals surface area (Å²) in [5, 5.41) is 3.22. The number of hydrogen-bond donors (Lipinski definition) is 2. The highest BCUT2D eigenvalue weighted by Gasteiger charge is 2.01. The van der Waals surface area contributed by atoms with Gasteiger partial charge in [-0.1, -0.05) is 0 Å². The van der Waals surface area contributed by atoms with Crippen molar-refractivity contribution < 1.29 is 8.42 Å². The molecule has 20 heavy (non-hydrogen) atoms. The highest BCUT2D eigenvalue weighted by molar-refractivity contribution is 9.10. The van der Waals surface area contributed by atoms with Gasteiger partial charge >= 0.3 is 0 Å². The summed E-state index contributed by atoms with van der Waals surface area (Å²) in [4.78, 5) is 4.26. The predicted octanol–water partition coefficient (Wildman–Crippen LogP) is 2.83. The van der Waals surface area contributed by atoms with Crippen molar-refractivity contribution in [3.63, 3.8) is 0 Å². The lowest BCUT2D eigenvalue weighted by atomic mass is 10.3. The first-order valence-corrected chi connectivity index (χ1v) is 8.53. The second-order valence-electron chi connectivity index (χ2n) is 4.27. The third-order valence-electron chi connectivity index (χ3n) is 2.45. The fraction of sp³-hybridized carbons (Fsp3) is 0.154. The standard InChI is InChI=1S/C13H14BrN3O2S/c1-20(18,19)17-12-6-4-11(5-7-12)16-9-13-3-2-10(14)8-15-13/h2-8,16-17H,9H2,1H3. The monoisotopic (exact) mass is 355 g/mol. The first kappa shape index (κ1) is 14.8. The van der Waals surface area contributed by atoms with Crippen LogP contribution in [-0.2, 0) is 16.6 Å². The van der Waals surface area contributed by atoms with Crippen molar-refractivity contribution in [2.24, 2.45) is 0 Å². The Kier molecular flexibility index (Phi) is 4.61. The summed E-state index contributed by atoms with van der Waals surface area (Å²) >= 11 is 3.33. The topological polar surface area (TPSA) is 71.1 Å². The molecule has 0 radical (unpaired) electrons. The van der Waals surface area contributed by atoms with Crippen LogP contribution in [0.4, 0.5) is 11.4 Å². The van der Waals surface area contributed by atoms with Crippen molar-refractivity contribution in [3.8, 4) is 0 Å². The van der Waals surface area contributed by atoms with Crippen molar-refractivity contribution in [3.05, 3.63) is 52.8 Å². The quantitative estimate of drug-likeness (QED) is 0.864. The van der Waals surface area contributed by atoms with Crippen molar-refractivity contribution >= 4 is 37.3 Å². The summed E-state index contributed by atoms with van der Waals surface area (Å²) in [7, 11) is -3.23. The van der Waals surface area contributed by atoms with E-state index in [1.54, 1.807) is 18.3 Å². The molecule has 0 atom stereocenters. The molecular formula is C13H14BrN3O2S. The Morgan fingerprint density at radius 3 is 2.30 bits per heavy atom. The summed E-state index contributed by atoms with van der Waals surface area (Å²) in [6, 6.07) is 10.9. The number of rotatable bonds is 5. The summed E-state index contributed by atoms with van der Waals surface area (Å²) in [6.07, 6.45) is 2.87. The van der Waals surface area contributed by atoms with E-state index in [0.717, 1.165) is 22.1 Å². The number of aromatic nitrogens is 1. The molecule has 0 saturated heterocycles. The summed E-state index contributed by atoms with van der Waals surface area (Å²) in [6.45, 7) is 0.603. The van der Waals surface area contributed by atoms with Gasteiger partial charge in [-0.2, -0.15) is 0 Å². The minimum atomic E-state index is -3.23. The second-order valence-corrected chi connectivity index (χ2v) is 6.94. The van der Waals surface area contributed by atoms with Gasteiger partial charge in [-0.3, -0.25) is 9.71 Å². The highest BCUT2D eigenvalue weighted by Crippen LogP contribution is 2.15. The van der Waals surface area contributed by atoms with E-state index in [4.69, 9.17) is 0 Å². The lowest BCUT2D eigenvalue weighted by molar-refractivity contribution is 0.607. The Bertz CT molecular complexity index is 670. The molecule has 0 bridgehead atoms. The van der Waals surface area contributed by atoms with E-state index in [9.17, 15) is 8.42 Å². The largest absolute Gasteiger partial charge is 0.379 e. The van der Waals surface area contributed by atoms with E-state index >= 15 is 0 Å². The maximum atomic E-state index is 11.1. The predicted molar refractivity (Wildman–Crippen MR) is 84.2 cm³/mol. The van der Waals surface area contributed by atoms with Crippen LogP contribution >= 0.6 is 15.9 Å². The number of benzene rings is 1. The molecule has 0 saturated carbocycles. The molecule has 0 aliphatic heterocycles. The molecule has 1 aromatic heterocycles. The Morgan fingerprint density at radius 1 is 1.10 bits per heavy atom. The number of nitrogens with one attached hydrogen (secondary N) is 2. The zero-order valence-corrected chi connectivity index (χ0v) is 13.2. The van der Waals surface area contributed by atoms with E-state index in [0.29, 0.717) is 12.2 Å². The Morgan fingerprint density at radius 2 is 1.75 bits per heavy atom.